The highest BCUT2D eigenvalue weighted by atomic mass is 79.9. The van der Waals surface area contributed by atoms with Crippen LogP contribution in [-0.2, 0) is 4.74 Å². The van der Waals surface area contributed by atoms with Crippen LogP contribution >= 0.6 is 15.9 Å². The second kappa shape index (κ2) is 5.46. The highest BCUT2D eigenvalue weighted by Gasteiger charge is 2.29. The monoisotopic (exact) mass is 301 g/mol. The van der Waals surface area contributed by atoms with Crippen LogP contribution < -0.4 is 5.32 Å². The number of nitrogens with one attached hydrogen (secondary N) is 1. The maximum Gasteiger partial charge on any atom is 0.137 e. The van der Waals surface area contributed by atoms with Crippen LogP contribution in [0.5, 0.6) is 0 Å². The molecule has 2 nitrogen and oxygen atoms in total. The summed E-state index contributed by atoms with van der Waals surface area (Å²) in [6, 6.07) is 5.90. The van der Waals surface area contributed by atoms with Gasteiger partial charge in [0.15, 0.2) is 0 Å². The van der Waals surface area contributed by atoms with E-state index in [1.165, 1.54) is 6.07 Å². The van der Waals surface area contributed by atoms with Gasteiger partial charge in [0.25, 0.3) is 0 Å². The molecule has 0 saturated heterocycles. The zero-order valence-corrected chi connectivity index (χ0v) is 11.6. The average Bonchev–Trinajstić information content (AvgIpc) is 2.26. The Hall–Kier alpha value is -0.450. The minimum atomic E-state index is -0.218. The summed E-state index contributed by atoms with van der Waals surface area (Å²) >= 11 is 3.21. The lowest BCUT2D eigenvalue weighted by Crippen LogP contribution is -2.45. The normalized spacial score (nSPS) is 25.4. The number of hydrogen-bond donors (Lipinski definition) is 1. The zero-order valence-electron chi connectivity index (χ0n) is 10.0. The lowest BCUT2D eigenvalue weighted by atomic mass is 9.88. The van der Waals surface area contributed by atoms with Crippen LogP contribution in [0.3, 0.4) is 0 Å². The first-order chi connectivity index (χ1) is 8.10. The number of benzene rings is 1. The van der Waals surface area contributed by atoms with Crippen molar-refractivity contribution >= 4 is 15.9 Å². The summed E-state index contributed by atoms with van der Waals surface area (Å²) in [5.74, 6) is -0.218. The van der Waals surface area contributed by atoms with Crippen molar-refractivity contribution in [2.45, 2.75) is 38.0 Å². The van der Waals surface area contributed by atoms with Crippen LogP contribution in [-0.4, -0.2) is 19.3 Å². The number of ether oxygens (including phenoxy) is 1. The van der Waals surface area contributed by atoms with Crippen LogP contribution in [0.1, 0.15) is 31.4 Å². The fourth-order valence-corrected chi connectivity index (χ4v) is 2.52. The molecule has 1 N–H and O–H groups in total. The van der Waals surface area contributed by atoms with Crippen LogP contribution in [0.15, 0.2) is 22.7 Å². The number of halogens is 2. The maximum absolute atomic E-state index is 13.1. The van der Waals surface area contributed by atoms with E-state index in [0.29, 0.717) is 16.6 Å². The van der Waals surface area contributed by atoms with Crippen LogP contribution in [0.4, 0.5) is 4.39 Å². The van der Waals surface area contributed by atoms with E-state index in [4.69, 9.17) is 4.74 Å². The van der Waals surface area contributed by atoms with E-state index in [2.05, 4.69) is 28.2 Å². The van der Waals surface area contributed by atoms with E-state index in [1.54, 1.807) is 7.11 Å². The van der Waals surface area contributed by atoms with E-state index < -0.39 is 0 Å². The summed E-state index contributed by atoms with van der Waals surface area (Å²) in [6.45, 7) is 2.10. The van der Waals surface area contributed by atoms with Gasteiger partial charge in [-0.25, -0.2) is 4.39 Å². The molecule has 0 heterocycles. The average molecular weight is 302 g/mol. The van der Waals surface area contributed by atoms with Crippen molar-refractivity contribution < 1.29 is 9.13 Å². The Kier molecular flexibility index (Phi) is 4.17. The molecule has 0 amide bonds. The van der Waals surface area contributed by atoms with Gasteiger partial charge in [-0.3, -0.25) is 0 Å². The summed E-state index contributed by atoms with van der Waals surface area (Å²) in [7, 11) is 1.75. The Labute approximate surface area is 110 Å². The number of methoxy groups -OCH3 is 1. The van der Waals surface area contributed by atoms with Gasteiger partial charge < -0.3 is 10.1 Å². The maximum atomic E-state index is 13.1. The van der Waals surface area contributed by atoms with Crippen LogP contribution in [0.2, 0.25) is 0 Å². The molecular formula is C13H17BrFNO. The predicted molar refractivity (Wildman–Crippen MR) is 69.5 cm³/mol. The molecule has 1 saturated carbocycles. The lowest BCUT2D eigenvalue weighted by Gasteiger charge is -2.36. The molecule has 2 rings (SSSR count). The van der Waals surface area contributed by atoms with Crippen LogP contribution in [0.25, 0.3) is 0 Å². The second-order valence-electron chi connectivity index (χ2n) is 4.59. The van der Waals surface area contributed by atoms with E-state index in [1.807, 2.05) is 12.1 Å². The lowest BCUT2D eigenvalue weighted by molar-refractivity contribution is 0.0147. The Morgan fingerprint density at radius 2 is 2.18 bits per heavy atom. The SMILES string of the molecule is COC1CC(NC(C)c2ccc(F)c(Br)c2)C1. The molecule has 17 heavy (non-hydrogen) atoms. The fraction of sp³-hybridized carbons (Fsp3) is 0.538. The first-order valence-electron chi connectivity index (χ1n) is 5.84. The van der Waals surface area contributed by atoms with Gasteiger partial charge in [-0.1, -0.05) is 6.07 Å². The molecule has 1 aliphatic rings. The molecular weight excluding hydrogens is 285 g/mol. The molecule has 0 bridgehead atoms. The van der Waals surface area contributed by atoms with E-state index in [9.17, 15) is 4.39 Å². The predicted octanol–water partition coefficient (Wildman–Crippen LogP) is 3.42. The molecule has 94 valence electrons. The molecule has 1 aromatic rings. The van der Waals surface area contributed by atoms with Crippen molar-refractivity contribution in [1.29, 1.82) is 0 Å². The van der Waals surface area contributed by atoms with Crippen molar-refractivity contribution in [2.24, 2.45) is 0 Å². The van der Waals surface area contributed by atoms with Gasteiger partial charge in [-0.2, -0.15) is 0 Å². The summed E-state index contributed by atoms with van der Waals surface area (Å²) in [5, 5.41) is 3.52. The number of hydrogen-bond acceptors (Lipinski definition) is 2. The summed E-state index contributed by atoms with van der Waals surface area (Å²) < 4.78 is 18.9. The largest absolute Gasteiger partial charge is 0.381 e. The van der Waals surface area contributed by atoms with Gasteiger partial charge in [-0.15, -0.1) is 0 Å². The molecule has 1 atom stereocenters. The standard InChI is InChI=1S/C13H17BrFNO/c1-8(16-10-6-11(7-10)17-2)9-3-4-13(15)12(14)5-9/h3-5,8,10-11,16H,6-7H2,1-2H3. The Balaban J connectivity index is 1.91. The van der Waals surface area contributed by atoms with E-state index in [-0.39, 0.29) is 11.9 Å². The van der Waals surface area contributed by atoms with Crippen molar-refractivity contribution in [2.75, 3.05) is 7.11 Å². The Morgan fingerprint density at radius 1 is 1.47 bits per heavy atom. The third-order valence-electron chi connectivity index (χ3n) is 3.36. The molecule has 1 aromatic carbocycles. The molecule has 4 heteroatoms. The topological polar surface area (TPSA) is 21.3 Å². The third-order valence-corrected chi connectivity index (χ3v) is 3.97. The van der Waals surface area contributed by atoms with Crippen LogP contribution in [0, 0.1) is 5.82 Å². The minimum absolute atomic E-state index is 0.218. The zero-order chi connectivity index (χ0) is 12.4. The minimum Gasteiger partial charge on any atom is -0.381 e. The van der Waals surface area contributed by atoms with Gasteiger partial charge in [-0.05, 0) is 53.4 Å². The Morgan fingerprint density at radius 3 is 2.76 bits per heavy atom. The molecule has 1 aliphatic carbocycles. The summed E-state index contributed by atoms with van der Waals surface area (Å²) in [5.41, 5.74) is 1.10. The summed E-state index contributed by atoms with van der Waals surface area (Å²) in [6.07, 6.45) is 2.52. The summed E-state index contributed by atoms with van der Waals surface area (Å²) in [4.78, 5) is 0. The molecule has 0 radical (unpaired) electrons. The van der Waals surface area contributed by atoms with Gasteiger partial charge in [0.2, 0.25) is 0 Å². The molecule has 0 aromatic heterocycles. The third kappa shape index (κ3) is 3.06. The van der Waals surface area contributed by atoms with Gasteiger partial charge in [0.05, 0.1) is 10.6 Å². The van der Waals surface area contributed by atoms with Crippen molar-refractivity contribution in [1.82, 2.24) is 5.32 Å². The fourth-order valence-electron chi connectivity index (χ4n) is 2.13. The first kappa shape index (κ1) is 13.0. The molecule has 0 aliphatic heterocycles. The van der Waals surface area contributed by atoms with Crippen molar-refractivity contribution in [3.63, 3.8) is 0 Å². The number of rotatable bonds is 4. The highest BCUT2D eigenvalue weighted by Crippen LogP contribution is 2.27. The van der Waals surface area contributed by atoms with Gasteiger partial charge >= 0.3 is 0 Å². The van der Waals surface area contributed by atoms with Crippen molar-refractivity contribution in [3.8, 4) is 0 Å². The van der Waals surface area contributed by atoms with Crippen molar-refractivity contribution in [3.05, 3.63) is 34.1 Å². The van der Waals surface area contributed by atoms with E-state index >= 15 is 0 Å². The molecule has 1 unspecified atom stereocenters. The molecule has 1 fully saturated rings. The van der Waals surface area contributed by atoms with Gasteiger partial charge in [0, 0.05) is 19.2 Å². The first-order valence-corrected chi connectivity index (χ1v) is 6.63. The quantitative estimate of drug-likeness (QED) is 0.920. The highest BCUT2D eigenvalue weighted by molar-refractivity contribution is 9.10. The second-order valence-corrected chi connectivity index (χ2v) is 5.44. The van der Waals surface area contributed by atoms with E-state index in [0.717, 1.165) is 18.4 Å². The Bertz CT molecular complexity index is 393. The van der Waals surface area contributed by atoms with Gasteiger partial charge in [0.1, 0.15) is 5.82 Å². The smallest absolute Gasteiger partial charge is 0.137 e. The molecule has 0 spiro atoms.